The van der Waals surface area contributed by atoms with E-state index < -0.39 is 24.5 Å². The second kappa shape index (κ2) is 9.84. The molecule has 2 aromatic heterocycles. The molecule has 7 nitrogen and oxygen atoms in total. The monoisotopic (exact) mass is 436 g/mol. The molecular formula is C20H21ClN2O5S. The number of hydrogen-bond acceptors (Lipinski definition) is 7. The van der Waals surface area contributed by atoms with E-state index in [1.165, 1.54) is 23.6 Å². The Morgan fingerprint density at radius 2 is 1.97 bits per heavy atom. The van der Waals surface area contributed by atoms with E-state index in [4.69, 9.17) is 21.1 Å². The molecule has 154 valence electrons. The number of esters is 2. The Labute approximate surface area is 177 Å². The Hall–Kier alpha value is -2.45. The zero-order valence-corrected chi connectivity index (χ0v) is 17.5. The number of carbonyl (C=O) groups excluding carboxylic acids is 3. The highest BCUT2D eigenvalue weighted by atomic mass is 35.5. The number of rotatable bonds is 6. The second-order valence-electron chi connectivity index (χ2n) is 6.46. The molecule has 0 aliphatic heterocycles. The molecule has 2 aromatic rings. The van der Waals surface area contributed by atoms with E-state index in [9.17, 15) is 14.4 Å². The van der Waals surface area contributed by atoms with Crippen LogP contribution in [0.5, 0.6) is 0 Å². The lowest BCUT2D eigenvalue weighted by Gasteiger charge is -2.09. The van der Waals surface area contributed by atoms with Crippen LogP contribution in [0.4, 0.5) is 5.00 Å². The number of nitrogens with one attached hydrogen (secondary N) is 1. The molecule has 1 aliphatic carbocycles. The number of pyridine rings is 1. The highest BCUT2D eigenvalue weighted by molar-refractivity contribution is 7.17. The Balaban J connectivity index is 1.72. The van der Waals surface area contributed by atoms with Gasteiger partial charge in [-0.1, -0.05) is 18.0 Å². The van der Waals surface area contributed by atoms with Gasteiger partial charge in [-0.15, -0.1) is 11.3 Å². The van der Waals surface area contributed by atoms with E-state index in [-0.39, 0.29) is 17.3 Å². The fraction of sp³-hybridized carbons (Fsp3) is 0.400. The quantitative estimate of drug-likeness (QED) is 0.417. The molecule has 29 heavy (non-hydrogen) atoms. The van der Waals surface area contributed by atoms with Gasteiger partial charge in [-0.05, 0) is 50.3 Å². The average Bonchev–Trinajstić information content (AvgIpc) is 2.87. The van der Waals surface area contributed by atoms with E-state index >= 15 is 0 Å². The number of hydrogen-bond donors (Lipinski definition) is 1. The van der Waals surface area contributed by atoms with Gasteiger partial charge in [-0.3, -0.25) is 4.79 Å². The van der Waals surface area contributed by atoms with Crippen LogP contribution in [0.1, 0.15) is 57.3 Å². The van der Waals surface area contributed by atoms with Crippen molar-refractivity contribution in [3.63, 3.8) is 0 Å². The maximum absolute atomic E-state index is 12.5. The summed E-state index contributed by atoms with van der Waals surface area (Å²) < 4.78 is 10.2. The standard InChI is InChI=1S/C20H21ClN2O5S/c1-2-27-20(26)16-12-7-4-3-5-9-14(12)29-18(16)23-15(24)11-28-19(25)13-8-6-10-22-17(13)21/h6,8,10H,2-5,7,9,11H2,1H3,(H,23,24). The molecule has 1 aliphatic rings. The molecule has 0 fully saturated rings. The van der Waals surface area contributed by atoms with E-state index in [0.717, 1.165) is 42.5 Å². The first-order valence-electron chi connectivity index (χ1n) is 9.40. The van der Waals surface area contributed by atoms with Gasteiger partial charge in [-0.2, -0.15) is 0 Å². The van der Waals surface area contributed by atoms with Crippen molar-refractivity contribution < 1.29 is 23.9 Å². The number of ether oxygens (including phenoxy) is 2. The number of nitrogens with zero attached hydrogens (tertiary/aromatic N) is 1. The molecule has 0 saturated carbocycles. The van der Waals surface area contributed by atoms with E-state index in [2.05, 4.69) is 10.3 Å². The van der Waals surface area contributed by atoms with Gasteiger partial charge in [-0.25, -0.2) is 14.6 Å². The summed E-state index contributed by atoms with van der Waals surface area (Å²) in [6, 6.07) is 3.01. The summed E-state index contributed by atoms with van der Waals surface area (Å²) in [7, 11) is 0. The van der Waals surface area contributed by atoms with Gasteiger partial charge in [0.15, 0.2) is 6.61 Å². The molecule has 0 saturated heterocycles. The average molecular weight is 437 g/mol. The van der Waals surface area contributed by atoms with Crippen LogP contribution in [-0.4, -0.2) is 36.0 Å². The van der Waals surface area contributed by atoms with Crippen molar-refractivity contribution in [2.75, 3.05) is 18.5 Å². The van der Waals surface area contributed by atoms with Crippen molar-refractivity contribution in [3.05, 3.63) is 45.1 Å². The van der Waals surface area contributed by atoms with Crippen molar-refractivity contribution in [3.8, 4) is 0 Å². The Morgan fingerprint density at radius 1 is 1.17 bits per heavy atom. The summed E-state index contributed by atoms with van der Waals surface area (Å²) in [5.74, 6) is -1.73. The van der Waals surface area contributed by atoms with Crippen LogP contribution in [0.2, 0.25) is 5.15 Å². The van der Waals surface area contributed by atoms with E-state index in [1.807, 2.05) is 0 Å². The Kier molecular flexibility index (Phi) is 7.22. The van der Waals surface area contributed by atoms with Crippen LogP contribution in [-0.2, 0) is 27.1 Å². The molecule has 2 heterocycles. The number of carbonyl (C=O) groups is 3. The smallest absolute Gasteiger partial charge is 0.341 e. The van der Waals surface area contributed by atoms with Crippen LogP contribution in [0.3, 0.4) is 0 Å². The van der Waals surface area contributed by atoms with Gasteiger partial charge < -0.3 is 14.8 Å². The normalized spacial score (nSPS) is 13.2. The lowest BCUT2D eigenvalue weighted by Crippen LogP contribution is -2.22. The first-order chi connectivity index (χ1) is 14.0. The third kappa shape index (κ3) is 5.13. The SMILES string of the molecule is CCOC(=O)c1c(NC(=O)COC(=O)c2cccnc2Cl)sc2c1CCCCC2. The fourth-order valence-electron chi connectivity index (χ4n) is 3.16. The van der Waals surface area contributed by atoms with Crippen LogP contribution in [0.25, 0.3) is 0 Å². The number of aromatic nitrogens is 1. The molecule has 0 aromatic carbocycles. The molecule has 0 spiro atoms. The first-order valence-corrected chi connectivity index (χ1v) is 10.6. The molecular weight excluding hydrogens is 416 g/mol. The minimum atomic E-state index is -0.745. The maximum atomic E-state index is 12.5. The summed E-state index contributed by atoms with van der Waals surface area (Å²) in [6.45, 7) is 1.49. The molecule has 0 bridgehead atoms. The minimum absolute atomic E-state index is 0.00417. The van der Waals surface area contributed by atoms with Gasteiger partial charge in [0, 0.05) is 11.1 Å². The van der Waals surface area contributed by atoms with Crippen molar-refractivity contribution in [1.82, 2.24) is 4.98 Å². The molecule has 0 unspecified atom stereocenters. The Morgan fingerprint density at radius 3 is 2.72 bits per heavy atom. The lowest BCUT2D eigenvalue weighted by atomic mass is 10.1. The number of aryl methyl sites for hydroxylation is 1. The van der Waals surface area contributed by atoms with Crippen molar-refractivity contribution in [1.29, 1.82) is 0 Å². The van der Waals surface area contributed by atoms with Gasteiger partial charge in [0.05, 0.1) is 17.7 Å². The predicted molar refractivity (Wildman–Crippen MR) is 110 cm³/mol. The van der Waals surface area contributed by atoms with Crippen molar-refractivity contribution in [2.24, 2.45) is 0 Å². The van der Waals surface area contributed by atoms with E-state index in [1.54, 1.807) is 13.0 Å². The highest BCUT2D eigenvalue weighted by Crippen LogP contribution is 2.38. The third-order valence-electron chi connectivity index (χ3n) is 4.47. The molecule has 3 rings (SSSR count). The molecule has 9 heteroatoms. The van der Waals surface area contributed by atoms with Gasteiger partial charge in [0.1, 0.15) is 10.2 Å². The maximum Gasteiger partial charge on any atom is 0.341 e. The van der Waals surface area contributed by atoms with Crippen molar-refractivity contribution >= 4 is 45.8 Å². The zero-order chi connectivity index (χ0) is 20.8. The summed E-state index contributed by atoms with van der Waals surface area (Å²) in [5.41, 5.74) is 1.46. The van der Waals surface area contributed by atoms with Crippen LogP contribution in [0, 0.1) is 0 Å². The van der Waals surface area contributed by atoms with E-state index in [0.29, 0.717) is 10.6 Å². The lowest BCUT2D eigenvalue weighted by molar-refractivity contribution is -0.119. The van der Waals surface area contributed by atoms with Gasteiger partial charge in [0.25, 0.3) is 5.91 Å². The van der Waals surface area contributed by atoms with Gasteiger partial charge in [0.2, 0.25) is 0 Å². The first kappa shape index (κ1) is 21.3. The fourth-order valence-corrected chi connectivity index (χ4v) is 4.65. The summed E-state index contributed by atoms with van der Waals surface area (Å²) >= 11 is 7.25. The van der Waals surface area contributed by atoms with Crippen LogP contribution < -0.4 is 5.32 Å². The predicted octanol–water partition coefficient (Wildman–Crippen LogP) is 4.04. The number of halogens is 1. The van der Waals surface area contributed by atoms with Crippen LogP contribution >= 0.6 is 22.9 Å². The summed E-state index contributed by atoms with van der Waals surface area (Å²) in [4.78, 5) is 41.9. The molecule has 1 N–H and O–H groups in total. The second-order valence-corrected chi connectivity index (χ2v) is 7.92. The number of anilines is 1. The summed E-state index contributed by atoms with van der Waals surface area (Å²) in [5, 5.41) is 3.15. The Bertz CT molecular complexity index is 928. The minimum Gasteiger partial charge on any atom is -0.462 e. The van der Waals surface area contributed by atoms with Crippen molar-refractivity contribution in [2.45, 2.75) is 39.0 Å². The molecule has 0 radical (unpaired) electrons. The van der Waals surface area contributed by atoms with Gasteiger partial charge >= 0.3 is 11.9 Å². The number of fused-ring (bicyclic) bond motifs is 1. The number of amides is 1. The number of thiophene rings is 1. The summed E-state index contributed by atoms with van der Waals surface area (Å²) in [6.07, 6.45) is 6.25. The largest absolute Gasteiger partial charge is 0.462 e. The van der Waals surface area contributed by atoms with Crippen LogP contribution in [0.15, 0.2) is 18.3 Å². The zero-order valence-electron chi connectivity index (χ0n) is 16.0. The molecule has 1 amide bonds. The third-order valence-corrected chi connectivity index (χ3v) is 5.98. The highest BCUT2D eigenvalue weighted by Gasteiger charge is 2.27. The molecule has 0 atom stereocenters. The topological polar surface area (TPSA) is 94.6 Å².